The minimum Gasteiger partial charge on any atom is -0.459 e. The average Bonchev–Trinajstić information content (AvgIpc) is 3.73. The van der Waals surface area contributed by atoms with E-state index < -0.39 is 85.9 Å². The predicted octanol–water partition coefficient (Wildman–Crippen LogP) is 9.10. The molecular weight excluding hydrogens is 957 g/mol. The summed E-state index contributed by atoms with van der Waals surface area (Å²) < 4.78 is 65.7. The Balaban J connectivity index is 1.12. The molecule has 0 aromatic heterocycles. The van der Waals surface area contributed by atoms with Gasteiger partial charge in [0.1, 0.15) is 43.7 Å². The Hall–Kier alpha value is -7.37. The number of hydrogen-bond donors (Lipinski definition) is 1. The molecule has 0 unspecified atom stereocenters. The van der Waals surface area contributed by atoms with Crippen LogP contribution in [0.3, 0.4) is 0 Å². The van der Waals surface area contributed by atoms with E-state index in [1.807, 2.05) is 121 Å². The van der Waals surface area contributed by atoms with E-state index in [2.05, 4.69) is 0 Å². The molecular formula is C61H58O14. The second-order valence-electron chi connectivity index (χ2n) is 18.0. The largest absolute Gasteiger partial charge is 0.459 e. The second kappa shape index (κ2) is 26.2. The van der Waals surface area contributed by atoms with Crippen molar-refractivity contribution in [2.24, 2.45) is 0 Å². The van der Waals surface area contributed by atoms with Gasteiger partial charge in [0.2, 0.25) is 5.79 Å². The van der Waals surface area contributed by atoms with E-state index in [0.29, 0.717) is 0 Å². The van der Waals surface area contributed by atoms with Crippen LogP contribution in [0.25, 0.3) is 0 Å². The first-order chi connectivity index (χ1) is 36.8. The zero-order valence-electron chi connectivity index (χ0n) is 41.0. The number of carbonyl (C=O) groups is 3. The Morgan fingerprint density at radius 3 is 1.31 bits per heavy atom. The van der Waals surface area contributed by atoms with Crippen LogP contribution in [-0.4, -0.2) is 97.6 Å². The number of ether oxygens (including phenoxy) is 10. The van der Waals surface area contributed by atoms with Gasteiger partial charge in [-0.1, -0.05) is 176 Å². The van der Waals surface area contributed by atoms with Crippen LogP contribution in [0, 0.1) is 0 Å². The molecule has 1 N–H and O–H groups in total. The van der Waals surface area contributed by atoms with E-state index in [4.69, 9.17) is 47.4 Å². The molecule has 0 bridgehead atoms. The summed E-state index contributed by atoms with van der Waals surface area (Å²) in [6.07, 6.45) is -10.4. The first kappa shape index (κ1) is 52.5. The summed E-state index contributed by atoms with van der Waals surface area (Å²) in [6, 6.07) is 63.1. The maximum Gasteiger partial charge on any atom is 0.338 e. The summed E-state index contributed by atoms with van der Waals surface area (Å²) in [5, 5.41) is 12.8. The van der Waals surface area contributed by atoms with Crippen molar-refractivity contribution in [2.45, 2.75) is 81.2 Å². The Bertz CT molecular complexity index is 2830. The van der Waals surface area contributed by atoms with E-state index in [0.717, 1.165) is 22.3 Å². The number of rotatable bonds is 23. The van der Waals surface area contributed by atoms with E-state index in [1.165, 1.54) is 0 Å². The maximum atomic E-state index is 13.9. The summed E-state index contributed by atoms with van der Waals surface area (Å²) in [4.78, 5) is 41.3. The molecule has 2 saturated heterocycles. The van der Waals surface area contributed by atoms with E-state index in [-0.39, 0.29) is 49.7 Å². The standard InChI is InChI=1S/C61H58O14/c62-56-53(73-59(65)49-34-20-7-21-35-49)51(41-70-57(63)47-30-16-5-17-31-47)74-61(56,42-71-58(64)48-32-18-6-19-33-48)75-60-55(69-39-46-28-14-4-15-29-46)54(68-38-45-26-12-3-13-27-45)52(67-37-44-24-10-2-11-25-44)50(72-60)40-66-36-43-22-8-1-9-23-43/h1-35,50-56,60,62H,36-42H2/t50-,51-,52+,53-,54+,55-,56+,60-,61+/m1/s1. The van der Waals surface area contributed by atoms with Gasteiger partial charge in [-0.3, -0.25) is 0 Å². The smallest absolute Gasteiger partial charge is 0.338 e. The summed E-state index contributed by atoms with van der Waals surface area (Å²) in [7, 11) is 0. The monoisotopic (exact) mass is 1010 g/mol. The second-order valence-corrected chi connectivity index (χ2v) is 18.0. The molecule has 7 aromatic carbocycles. The predicted molar refractivity (Wildman–Crippen MR) is 274 cm³/mol. The van der Waals surface area contributed by atoms with Gasteiger partial charge >= 0.3 is 17.9 Å². The lowest BCUT2D eigenvalue weighted by Gasteiger charge is -2.48. The zero-order chi connectivity index (χ0) is 51.7. The van der Waals surface area contributed by atoms with Crippen molar-refractivity contribution in [1.29, 1.82) is 0 Å². The molecule has 14 heteroatoms. The van der Waals surface area contributed by atoms with E-state index in [9.17, 15) is 19.5 Å². The molecule has 0 amide bonds. The Morgan fingerprint density at radius 1 is 0.427 bits per heavy atom. The molecule has 0 saturated carbocycles. The Morgan fingerprint density at radius 2 is 0.827 bits per heavy atom. The number of aliphatic hydroxyl groups is 1. The van der Waals surface area contributed by atoms with Crippen LogP contribution in [0.15, 0.2) is 212 Å². The van der Waals surface area contributed by atoms with Crippen LogP contribution in [-0.2, 0) is 73.8 Å². The van der Waals surface area contributed by atoms with Crippen molar-refractivity contribution in [1.82, 2.24) is 0 Å². The van der Waals surface area contributed by atoms with Crippen LogP contribution in [0.5, 0.6) is 0 Å². The van der Waals surface area contributed by atoms with Crippen LogP contribution in [0.2, 0.25) is 0 Å². The van der Waals surface area contributed by atoms with Gasteiger partial charge in [0.05, 0.1) is 49.7 Å². The molecule has 0 radical (unpaired) electrons. The summed E-state index contributed by atoms with van der Waals surface area (Å²) >= 11 is 0. The van der Waals surface area contributed by atoms with Gasteiger partial charge in [0.15, 0.2) is 18.5 Å². The average molecular weight is 1020 g/mol. The third kappa shape index (κ3) is 14.1. The number of aliphatic hydroxyl groups excluding tert-OH is 1. The lowest BCUT2D eigenvalue weighted by atomic mass is 9.97. The fourth-order valence-corrected chi connectivity index (χ4v) is 8.81. The van der Waals surface area contributed by atoms with Gasteiger partial charge in [-0.15, -0.1) is 0 Å². The molecule has 9 atom stereocenters. The van der Waals surface area contributed by atoms with Crippen LogP contribution >= 0.6 is 0 Å². The summed E-state index contributed by atoms with van der Waals surface area (Å²) in [6.45, 7) is -0.838. The first-order valence-corrected chi connectivity index (χ1v) is 24.8. The van der Waals surface area contributed by atoms with Gasteiger partial charge < -0.3 is 52.5 Å². The molecule has 9 rings (SSSR count). The fraction of sp³-hybridized carbons (Fsp3) is 0.262. The fourth-order valence-electron chi connectivity index (χ4n) is 8.81. The highest BCUT2D eigenvalue weighted by Crippen LogP contribution is 2.41. The number of esters is 3. The number of benzene rings is 7. The SMILES string of the molecule is O=C(OC[C@H]1O[C@@](COC(=O)c2ccccc2)(O[C@H]2O[C@H](COCc3ccccc3)[C@H](OCc3ccccc3)[C@H](OCc3ccccc3)[C@H]2OCc2ccccc2)[C@@H](O)[C@@H]1OC(=O)c1ccccc1)c1ccccc1. The number of hydrogen-bond acceptors (Lipinski definition) is 14. The zero-order valence-corrected chi connectivity index (χ0v) is 41.0. The van der Waals surface area contributed by atoms with Gasteiger partial charge in [0.25, 0.3) is 0 Å². The molecule has 14 nitrogen and oxygen atoms in total. The van der Waals surface area contributed by atoms with Gasteiger partial charge in [-0.2, -0.15) is 0 Å². The molecule has 2 aliphatic heterocycles. The molecule has 0 aliphatic carbocycles. The minimum absolute atomic E-state index is 0.0370. The third-order valence-corrected chi connectivity index (χ3v) is 12.7. The molecule has 2 heterocycles. The topological polar surface area (TPSA) is 164 Å². The lowest BCUT2D eigenvalue weighted by molar-refractivity contribution is -0.393. The molecule has 2 fully saturated rings. The quantitative estimate of drug-likeness (QED) is 0.0477. The van der Waals surface area contributed by atoms with Crippen molar-refractivity contribution < 1.29 is 66.9 Å². The lowest BCUT2D eigenvalue weighted by Crippen LogP contribution is -2.64. The molecule has 2 aliphatic rings. The first-order valence-electron chi connectivity index (χ1n) is 24.8. The van der Waals surface area contributed by atoms with Crippen LogP contribution in [0.1, 0.15) is 53.3 Å². The molecule has 386 valence electrons. The Labute approximate surface area is 435 Å². The Kier molecular flexibility index (Phi) is 18.3. The highest BCUT2D eigenvalue weighted by atomic mass is 16.8. The van der Waals surface area contributed by atoms with Crippen molar-refractivity contribution in [3.05, 3.63) is 251 Å². The minimum atomic E-state index is -2.41. The summed E-state index contributed by atoms with van der Waals surface area (Å²) in [5.74, 6) is -4.72. The van der Waals surface area contributed by atoms with Crippen molar-refractivity contribution in [3.63, 3.8) is 0 Å². The normalized spacial score (nSPS) is 23.2. The van der Waals surface area contributed by atoms with Crippen LogP contribution in [0.4, 0.5) is 0 Å². The number of carbonyl (C=O) groups excluding carboxylic acids is 3. The molecule has 0 spiro atoms. The third-order valence-electron chi connectivity index (χ3n) is 12.7. The van der Waals surface area contributed by atoms with Crippen molar-refractivity contribution >= 4 is 17.9 Å². The van der Waals surface area contributed by atoms with Gasteiger partial charge in [-0.05, 0) is 58.7 Å². The van der Waals surface area contributed by atoms with Crippen LogP contribution < -0.4 is 0 Å². The highest BCUT2D eigenvalue weighted by molar-refractivity contribution is 5.90. The molecule has 7 aromatic rings. The molecule has 75 heavy (non-hydrogen) atoms. The van der Waals surface area contributed by atoms with E-state index >= 15 is 0 Å². The highest BCUT2D eigenvalue weighted by Gasteiger charge is 2.62. The van der Waals surface area contributed by atoms with E-state index in [1.54, 1.807) is 91.0 Å². The maximum absolute atomic E-state index is 13.9. The van der Waals surface area contributed by atoms with Crippen molar-refractivity contribution in [2.75, 3.05) is 19.8 Å². The van der Waals surface area contributed by atoms with Gasteiger partial charge in [-0.25, -0.2) is 14.4 Å². The van der Waals surface area contributed by atoms with Crippen molar-refractivity contribution in [3.8, 4) is 0 Å². The van der Waals surface area contributed by atoms with Gasteiger partial charge in [0, 0.05) is 0 Å². The summed E-state index contributed by atoms with van der Waals surface area (Å²) in [5.41, 5.74) is 4.08.